The normalized spacial score (nSPS) is 18.2. The van der Waals surface area contributed by atoms with Gasteiger partial charge in [0.05, 0.1) is 17.8 Å². The number of hydrogen-bond donors (Lipinski definition) is 1. The zero-order valence-electron chi connectivity index (χ0n) is 17.2. The molecule has 0 spiro atoms. The average Bonchev–Trinajstić information content (AvgIpc) is 3.40. The Morgan fingerprint density at radius 3 is 2.48 bits per heavy atom. The lowest BCUT2D eigenvalue weighted by Crippen LogP contribution is -2.30. The van der Waals surface area contributed by atoms with Crippen molar-refractivity contribution in [1.29, 1.82) is 0 Å². The number of aromatic nitrogens is 3. The summed E-state index contributed by atoms with van der Waals surface area (Å²) in [5.41, 5.74) is 5.68. The fourth-order valence-corrected chi connectivity index (χ4v) is 4.46. The van der Waals surface area contributed by atoms with Crippen LogP contribution in [-0.2, 0) is 6.54 Å². The SMILES string of the molecule is Cc1ccc(-n2cccc2C2C(c3ccccn3)NC(=S)N2Cc2ccncc2)cc1. The van der Waals surface area contributed by atoms with Crippen molar-refractivity contribution in [2.45, 2.75) is 25.6 Å². The summed E-state index contributed by atoms with van der Waals surface area (Å²) in [5, 5.41) is 4.26. The van der Waals surface area contributed by atoms with E-state index >= 15 is 0 Å². The minimum Gasteiger partial charge on any atom is -0.352 e. The predicted octanol–water partition coefficient (Wildman–Crippen LogP) is 4.75. The molecule has 5 rings (SSSR count). The molecule has 0 saturated carbocycles. The minimum atomic E-state index is -0.0466. The van der Waals surface area contributed by atoms with Gasteiger partial charge >= 0.3 is 0 Å². The van der Waals surface area contributed by atoms with Crippen LogP contribution >= 0.6 is 12.2 Å². The maximum atomic E-state index is 5.81. The molecule has 5 nitrogen and oxygen atoms in total. The van der Waals surface area contributed by atoms with E-state index in [0.717, 1.165) is 16.5 Å². The lowest BCUT2D eigenvalue weighted by molar-refractivity contribution is 0.302. The number of thiocarbonyl (C=S) groups is 1. The Bertz CT molecular complexity index is 1170. The smallest absolute Gasteiger partial charge is 0.170 e. The number of hydrogen-bond acceptors (Lipinski definition) is 3. The van der Waals surface area contributed by atoms with Crippen molar-refractivity contribution in [2.75, 3.05) is 0 Å². The van der Waals surface area contributed by atoms with Crippen LogP contribution in [0.3, 0.4) is 0 Å². The van der Waals surface area contributed by atoms with Gasteiger partial charge in [0, 0.05) is 42.7 Å². The standard InChI is InChI=1S/C25H23N5S/c1-18-7-9-20(10-8-18)29-16-4-6-22(29)24-23(21-5-2-3-13-27-21)28-25(31)30(24)17-19-11-14-26-15-12-19/h2-16,23-24H,17H2,1H3,(H,28,31). The molecule has 1 aliphatic rings. The Kier molecular flexibility index (Phi) is 5.22. The molecular formula is C25H23N5S. The zero-order chi connectivity index (χ0) is 21.2. The average molecular weight is 426 g/mol. The number of benzene rings is 1. The molecule has 31 heavy (non-hydrogen) atoms. The summed E-state index contributed by atoms with van der Waals surface area (Å²) in [6.07, 6.45) is 7.59. The molecule has 4 aromatic rings. The van der Waals surface area contributed by atoms with Crippen LogP contribution in [0.2, 0.25) is 0 Å². The first-order valence-electron chi connectivity index (χ1n) is 10.3. The number of aryl methyl sites for hydroxylation is 1. The third kappa shape index (κ3) is 3.82. The van der Waals surface area contributed by atoms with Crippen molar-refractivity contribution >= 4 is 17.3 Å². The van der Waals surface area contributed by atoms with E-state index in [1.54, 1.807) is 0 Å². The Morgan fingerprint density at radius 2 is 1.74 bits per heavy atom. The van der Waals surface area contributed by atoms with E-state index < -0.39 is 0 Å². The second-order valence-corrected chi connectivity index (χ2v) is 8.14. The summed E-state index contributed by atoms with van der Waals surface area (Å²) in [6.45, 7) is 2.80. The highest BCUT2D eigenvalue weighted by molar-refractivity contribution is 7.80. The summed E-state index contributed by atoms with van der Waals surface area (Å²) < 4.78 is 2.25. The molecule has 0 radical (unpaired) electrons. The van der Waals surface area contributed by atoms with Gasteiger partial charge in [-0.15, -0.1) is 0 Å². The molecule has 2 unspecified atom stereocenters. The topological polar surface area (TPSA) is 46.0 Å². The predicted molar refractivity (Wildman–Crippen MR) is 126 cm³/mol. The van der Waals surface area contributed by atoms with Crippen LogP contribution in [0.25, 0.3) is 5.69 Å². The fourth-order valence-electron chi connectivity index (χ4n) is 4.16. The van der Waals surface area contributed by atoms with Crippen molar-refractivity contribution in [3.05, 3.63) is 114 Å². The maximum absolute atomic E-state index is 5.81. The molecular weight excluding hydrogens is 402 g/mol. The van der Waals surface area contributed by atoms with Crippen LogP contribution < -0.4 is 5.32 Å². The van der Waals surface area contributed by atoms with Gasteiger partial charge < -0.3 is 14.8 Å². The van der Waals surface area contributed by atoms with Crippen molar-refractivity contribution < 1.29 is 0 Å². The van der Waals surface area contributed by atoms with Gasteiger partial charge in [0.25, 0.3) is 0 Å². The first-order valence-corrected chi connectivity index (χ1v) is 10.7. The molecule has 1 aliphatic heterocycles. The molecule has 0 amide bonds. The molecule has 1 fully saturated rings. The molecule has 4 heterocycles. The summed E-state index contributed by atoms with van der Waals surface area (Å²) in [5.74, 6) is 0. The summed E-state index contributed by atoms with van der Waals surface area (Å²) in [6, 6.07) is 22.9. The van der Waals surface area contributed by atoms with Gasteiger partial charge in [-0.05, 0) is 73.2 Å². The van der Waals surface area contributed by atoms with E-state index in [1.165, 1.54) is 16.8 Å². The van der Waals surface area contributed by atoms with Crippen molar-refractivity contribution in [3.8, 4) is 5.69 Å². The molecule has 3 aromatic heterocycles. The van der Waals surface area contributed by atoms with Gasteiger partial charge in [0.15, 0.2) is 5.11 Å². The van der Waals surface area contributed by atoms with Gasteiger partial charge in [-0.1, -0.05) is 23.8 Å². The molecule has 1 aromatic carbocycles. The maximum Gasteiger partial charge on any atom is 0.170 e. The van der Waals surface area contributed by atoms with E-state index in [1.807, 2.05) is 42.9 Å². The molecule has 6 heteroatoms. The Hall–Kier alpha value is -3.51. The Morgan fingerprint density at radius 1 is 0.935 bits per heavy atom. The number of rotatable bonds is 5. The van der Waals surface area contributed by atoms with Crippen LogP contribution in [-0.4, -0.2) is 24.5 Å². The minimum absolute atomic E-state index is 0.00753. The van der Waals surface area contributed by atoms with Gasteiger partial charge in [-0.25, -0.2) is 0 Å². The summed E-state index contributed by atoms with van der Waals surface area (Å²) in [7, 11) is 0. The highest BCUT2D eigenvalue weighted by atomic mass is 32.1. The second-order valence-electron chi connectivity index (χ2n) is 7.75. The van der Waals surface area contributed by atoms with E-state index in [0.29, 0.717) is 6.54 Å². The van der Waals surface area contributed by atoms with Gasteiger partial charge in [0.2, 0.25) is 0 Å². The van der Waals surface area contributed by atoms with Crippen LogP contribution in [0.4, 0.5) is 0 Å². The van der Waals surface area contributed by atoms with Crippen molar-refractivity contribution in [2.24, 2.45) is 0 Å². The first kappa shape index (κ1) is 19.5. The van der Waals surface area contributed by atoms with Crippen LogP contribution in [0, 0.1) is 6.92 Å². The first-order chi connectivity index (χ1) is 15.2. The lowest BCUT2D eigenvalue weighted by atomic mass is 10.0. The summed E-state index contributed by atoms with van der Waals surface area (Å²) in [4.78, 5) is 11.0. The number of nitrogens with one attached hydrogen (secondary N) is 1. The monoisotopic (exact) mass is 425 g/mol. The van der Waals surface area contributed by atoms with Crippen molar-refractivity contribution in [1.82, 2.24) is 24.8 Å². The zero-order valence-corrected chi connectivity index (χ0v) is 18.0. The Labute approximate surface area is 187 Å². The molecule has 0 bridgehead atoms. The van der Waals surface area contributed by atoms with E-state index in [2.05, 4.69) is 80.3 Å². The highest BCUT2D eigenvalue weighted by Crippen LogP contribution is 2.40. The number of nitrogens with zero attached hydrogens (tertiary/aromatic N) is 4. The fraction of sp³-hybridized carbons (Fsp3) is 0.160. The lowest BCUT2D eigenvalue weighted by Gasteiger charge is -2.29. The molecule has 1 saturated heterocycles. The summed E-state index contributed by atoms with van der Waals surface area (Å²) >= 11 is 5.81. The molecule has 0 aliphatic carbocycles. The van der Waals surface area contributed by atoms with Crippen LogP contribution in [0.5, 0.6) is 0 Å². The van der Waals surface area contributed by atoms with Gasteiger partial charge in [0.1, 0.15) is 0 Å². The number of pyridine rings is 2. The molecule has 1 N–H and O–H groups in total. The highest BCUT2D eigenvalue weighted by Gasteiger charge is 2.41. The third-order valence-corrected chi connectivity index (χ3v) is 6.05. The molecule has 2 atom stereocenters. The van der Waals surface area contributed by atoms with E-state index in [-0.39, 0.29) is 12.1 Å². The van der Waals surface area contributed by atoms with E-state index in [9.17, 15) is 0 Å². The third-order valence-electron chi connectivity index (χ3n) is 5.70. The molecule has 154 valence electrons. The van der Waals surface area contributed by atoms with Gasteiger partial charge in [-0.3, -0.25) is 9.97 Å². The second kappa shape index (κ2) is 8.32. The largest absolute Gasteiger partial charge is 0.352 e. The van der Waals surface area contributed by atoms with Crippen LogP contribution in [0.15, 0.2) is 91.5 Å². The van der Waals surface area contributed by atoms with Crippen LogP contribution in [0.1, 0.15) is 34.6 Å². The van der Waals surface area contributed by atoms with Gasteiger partial charge in [-0.2, -0.15) is 0 Å². The van der Waals surface area contributed by atoms with Crippen molar-refractivity contribution in [3.63, 3.8) is 0 Å². The quantitative estimate of drug-likeness (QED) is 0.468. The Balaban J connectivity index is 1.60. The van der Waals surface area contributed by atoms with E-state index in [4.69, 9.17) is 12.2 Å².